The maximum absolute atomic E-state index is 13.7. The Morgan fingerprint density at radius 1 is 0.921 bits per heavy atom. The minimum absolute atomic E-state index is 0.0115. The number of ether oxygens (including phenoxy) is 2. The number of benzene rings is 3. The molecule has 0 aliphatic heterocycles. The summed E-state index contributed by atoms with van der Waals surface area (Å²) >= 11 is 0. The fraction of sp³-hybridized carbons (Fsp3) is 0.375. The highest BCUT2D eigenvalue weighted by atomic mass is 16.5. The van der Waals surface area contributed by atoms with Gasteiger partial charge in [-0.2, -0.15) is 0 Å². The van der Waals surface area contributed by atoms with Gasteiger partial charge in [-0.15, -0.1) is 0 Å². The van der Waals surface area contributed by atoms with Gasteiger partial charge in [-0.25, -0.2) is 0 Å². The predicted octanol–water partition coefficient (Wildman–Crippen LogP) is 5.72. The molecule has 0 aliphatic rings. The molecule has 1 N–H and O–H groups in total. The smallest absolute Gasteiger partial charge is 0.243 e. The Bertz CT molecular complexity index is 1150. The van der Waals surface area contributed by atoms with Crippen molar-refractivity contribution in [3.63, 3.8) is 0 Å². The fourth-order valence-corrected chi connectivity index (χ4v) is 4.15. The van der Waals surface area contributed by atoms with Crippen molar-refractivity contribution < 1.29 is 19.1 Å². The third kappa shape index (κ3) is 8.94. The van der Waals surface area contributed by atoms with Crippen LogP contribution in [0.4, 0.5) is 0 Å². The van der Waals surface area contributed by atoms with E-state index in [4.69, 9.17) is 9.47 Å². The van der Waals surface area contributed by atoms with Crippen LogP contribution >= 0.6 is 0 Å². The number of hydrogen-bond acceptors (Lipinski definition) is 4. The maximum atomic E-state index is 13.7. The number of nitrogens with zero attached hydrogens (tertiary/aromatic N) is 1. The molecule has 0 bridgehead atoms. The summed E-state index contributed by atoms with van der Waals surface area (Å²) in [6.45, 7) is 6.77. The standard InChI is InChI=1S/C32H40N2O4/c1-5-25(3)33-32(36)30(22-26-11-7-6-8-12-26)34(23-27-13-9-14-29(21-27)37-4)31(35)15-10-20-38-28-18-16-24(2)17-19-28/h6-9,11-14,16-19,21,25,30H,5,10,15,20,22-23H2,1-4H3,(H,33,36)/t25-,30-/m1/s1. The Balaban J connectivity index is 1.81. The Labute approximate surface area is 227 Å². The number of rotatable bonds is 14. The number of nitrogens with one attached hydrogen (secondary N) is 1. The third-order valence-corrected chi connectivity index (χ3v) is 6.58. The molecule has 0 fully saturated rings. The number of hydrogen-bond donors (Lipinski definition) is 1. The summed E-state index contributed by atoms with van der Waals surface area (Å²) < 4.78 is 11.2. The lowest BCUT2D eigenvalue weighted by Gasteiger charge is -2.32. The van der Waals surface area contributed by atoms with Gasteiger partial charge in [0.1, 0.15) is 17.5 Å². The minimum Gasteiger partial charge on any atom is -0.497 e. The second-order valence-electron chi connectivity index (χ2n) is 9.66. The van der Waals surface area contributed by atoms with E-state index in [-0.39, 0.29) is 24.3 Å². The quantitative estimate of drug-likeness (QED) is 0.278. The van der Waals surface area contributed by atoms with Crippen LogP contribution in [-0.2, 0) is 22.6 Å². The van der Waals surface area contributed by atoms with Crippen LogP contribution < -0.4 is 14.8 Å². The predicted molar refractivity (Wildman–Crippen MR) is 151 cm³/mol. The van der Waals surface area contributed by atoms with E-state index >= 15 is 0 Å². The van der Waals surface area contributed by atoms with Gasteiger partial charge in [-0.05, 0) is 62.1 Å². The lowest BCUT2D eigenvalue weighted by Crippen LogP contribution is -2.52. The molecule has 0 aromatic heterocycles. The molecule has 38 heavy (non-hydrogen) atoms. The second-order valence-corrected chi connectivity index (χ2v) is 9.66. The topological polar surface area (TPSA) is 67.9 Å². The van der Waals surface area contributed by atoms with Gasteiger partial charge >= 0.3 is 0 Å². The summed E-state index contributed by atoms with van der Waals surface area (Å²) in [6.07, 6.45) is 2.06. The summed E-state index contributed by atoms with van der Waals surface area (Å²) in [5.41, 5.74) is 3.08. The van der Waals surface area contributed by atoms with Gasteiger partial charge < -0.3 is 19.7 Å². The molecular formula is C32H40N2O4. The van der Waals surface area contributed by atoms with Crippen molar-refractivity contribution in [2.45, 2.75) is 65.1 Å². The maximum Gasteiger partial charge on any atom is 0.243 e. The Morgan fingerprint density at radius 3 is 2.32 bits per heavy atom. The zero-order valence-corrected chi connectivity index (χ0v) is 23.0. The molecule has 0 radical (unpaired) electrons. The first kappa shape index (κ1) is 28.8. The van der Waals surface area contributed by atoms with Gasteiger partial charge in [-0.3, -0.25) is 9.59 Å². The normalized spacial score (nSPS) is 12.3. The minimum atomic E-state index is -0.650. The highest BCUT2D eigenvalue weighted by molar-refractivity contribution is 5.88. The van der Waals surface area contributed by atoms with E-state index < -0.39 is 6.04 Å². The SMILES string of the molecule is CC[C@@H](C)NC(=O)[C@@H](Cc1ccccc1)N(Cc1cccc(OC)c1)C(=O)CCCOc1ccc(C)cc1. The van der Waals surface area contributed by atoms with Gasteiger partial charge in [-0.1, -0.05) is 67.1 Å². The highest BCUT2D eigenvalue weighted by Crippen LogP contribution is 2.20. The third-order valence-electron chi connectivity index (χ3n) is 6.58. The second kappa shape index (κ2) is 14.8. The van der Waals surface area contributed by atoms with Crippen LogP contribution in [0.5, 0.6) is 11.5 Å². The van der Waals surface area contributed by atoms with E-state index in [1.807, 2.05) is 99.6 Å². The number of carbonyl (C=O) groups excluding carboxylic acids is 2. The molecule has 0 saturated carbocycles. The van der Waals surface area contributed by atoms with Crippen molar-refractivity contribution in [2.24, 2.45) is 0 Å². The number of carbonyl (C=O) groups is 2. The number of amides is 2. The number of aryl methyl sites for hydroxylation is 1. The lowest BCUT2D eigenvalue weighted by atomic mass is 10.0. The zero-order chi connectivity index (χ0) is 27.3. The van der Waals surface area contributed by atoms with E-state index in [1.54, 1.807) is 12.0 Å². The largest absolute Gasteiger partial charge is 0.497 e. The molecule has 2 amide bonds. The van der Waals surface area contributed by atoms with Crippen molar-refractivity contribution >= 4 is 11.8 Å². The van der Waals surface area contributed by atoms with Gasteiger partial charge in [0.2, 0.25) is 11.8 Å². The van der Waals surface area contributed by atoms with Crippen LogP contribution in [-0.4, -0.2) is 42.5 Å². The first-order valence-corrected chi connectivity index (χ1v) is 13.4. The molecule has 6 nitrogen and oxygen atoms in total. The average molecular weight is 517 g/mol. The molecule has 0 spiro atoms. The van der Waals surface area contributed by atoms with Gasteiger partial charge in [0.25, 0.3) is 0 Å². The van der Waals surface area contributed by atoms with Crippen LogP contribution in [0, 0.1) is 6.92 Å². The fourth-order valence-electron chi connectivity index (χ4n) is 4.15. The summed E-state index contributed by atoms with van der Waals surface area (Å²) in [7, 11) is 1.62. The van der Waals surface area contributed by atoms with E-state index in [0.717, 1.165) is 23.3 Å². The van der Waals surface area contributed by atoms with E-state index in [9.17, 15) is 9.59 Å². The molecule has 3 aromatic carbocycles. The van der Waals surface area contributed by atoms with Crippen LogP contribution in [0.1, 0.15) is 49.8 Å². The van der Waals surface area contributed by atoms with E-state index in [0.29, 0.717) is 31.7 Å². The molecule has 0 aliphatic carbocycles. The molecule has 3 rings (SSSR count). The molecule has 0 saturated heterocycles. The highest BCUT2D eigenvalue weighted by Gasteiger charge is 2.30. The molecule has 2 atom stereocenters. The molecule has 3 aromatic rings. The first-order chi connectivity index (χ1) is 18.4. The lowest BCUT2D eigenvalue weighted by molar-refractivity contribution is -0.141. The summed E-state index contributed by atoms with van der Waals surface area (Å²) in [5.74, 6) is 1.27. The summed E-state index contributed by atoms with van der Waals surface area (Å²) in [5, 5.41) is 3.10. The van der Waals surface area contributed by atoms with Crippen LogP contribution in [0.3, 0.4) is 0 Å². The molecule has 202 valence electrons. The van der Waals surface area contributed by atoms with Crippen LogP contribution in [0.15, 0.2) is 78.9 Å². The molecular weight excluding hydrogens is 476 g/mol. The van der Waals surface area contributed by atoms with Gasteiger partial charge in [0.05, 0.1) is 13.7 Å². The summed E-state index contributed by atoms with van der Waals surface area (Å²) in [6, 6.07) is 24.7. The average Bonchev–Trinajstić information content (AvgIpc) is 2.94. The van der Waals surface area contributed by atoms with Gasteiger partial charge in [0.15, 0.2) is 0 Å². The molecule has 6 heteroatoms. The van der Waals surface area contributed by atoms with Crippen molar-refractivity contribution in [1.82, 2.24) is 10.2 Å². The molecule has 0 unspecified atom stereocenters. The monoisotopic (exact) mass is 516 g/mol. The summed E-state index contributed by atoms with van der Waals surface area (Å²) in [4.78, 5) is 29.0. The first-order valence-electron chi connectivity index (χ1n) is 13.4. The van der Waals surface area contributed by atoms with Crippen LogP contribution in [0.25, 0.3) is 0 Å². The Hall–Kier alpha value is -3.80. The van der Waals surface area contributed by atoms with Gasteiger partial charge in [0, 0.05) is 25.4 Å². The van der Waals surface area contributed by atoms with Crippen molar-refractivity contribution in [3.05, 3.63) is 95.6 Å². The van der Waals surface area contributed by atoms with Crippen molar-refractivity contribution in [1.29, 1.82) is 0 Å². The van der Waals surface area contributed by atoms with Crippen molar-refractivity contribution in [3.8, 4) is 11.5 Å². The number of methoxy groups -OCH3 is 1. The van der Waals surface area contributed by atoms with E-state index in [1.165, 1.54) is 5.56 Å². The van der Waals surface area contributed by atoms with Crippen LogP contribution in [0.2, 0.25) is 0 Å². The Morgan fingerprint density at radius 2 is 1.63 bits per heavy atom. The molecule has 0 heterocycles. The Kier molecular flexibility index (Phi) is 11.2. The van der Waals surface area contributed by atoms with E-state index in [2.05, 4.69) is 5.32 Å². The van der Waals surface area contributed by atoms with Crippen molar-refractivity contribution in [2.75, 3.05) is 13.7 Å². The zero-order valence-electron chi connectivity index (χ0n) is 23.0.